The third kappa shape index (κ3) is 2.19. The summed E-state index contributed by atoms with van der Waals surface area (Å²) in [5.41, 5.74) is 2.95. The van der Waals surface area contributed by atoms with Crippen LogP contribution >= 0.6 is 0 Å². The topological polar surface area (TPSA) is 21.3 Å². The van der Waals surface area contributed by atoms with Gasteiger partial charge in [-0.2, -0.15) is 0 Å². The zero-order chi connectivity index (χ0) is 11.7. The highest BCUT2D eigenvalue weighted by Crippen LogP contribution is 2.33. The Morgan fingerprint density at radius 1 is 1.18 bits per heavy atom. The van der Waals surface area contributed by atoms with Crippen molar-refractivity contribution < 1.29 is 4.74 Å². The van der Waals surface area contributed by atoms with E-state index >= 15 is 0 Å². The minimum Gasteiger partial charge on any atom is -0.490 e. The monoisotopic (exact) mass is 231 g/mol. The second-order valence-electron chi connectivity index (χ2n) is 5.26. The molecule has 0 amide bonds. The number of fused-ring (bicyclic) bond motifs is 1. The van der Waals surface area contributed by atoms with Gasteiger partial charge in [-0.3, -0.25) is 0 Å². The Morgan fingerprint density at radius 3 is 2.76 bits per heavy atom. The molecule has 0 saturated heterocycles. The number of ether oxygens (including phenoxy) is 1. The Kier molecular flexibility index (Phi) is 3.06. The Labute approximate surface area is 103 Å². The van der Waals surface area contributed by atoms with Crippen molar-refractivity contribution >= 4 is 0 Å². The van der Waals surface area contributed by atoms with Crippen LogP contribution in [0.5, 0.6) is 5.75 Å². The third-order valence-electron chi connectivity index (χ3n) is 4.13. The molecule has 92 valence electrons. The first-order valence-corrected chi connectivity index (χ1v) is 6.83. The minimum absolute atomic E-state index is 0.483. The smallest absolute Gasteiger partial charge is 0.120 e. The molecule has 0 bridgehead atoms. The van der Waals surface area contributed by atoms with Crippen molar-refractivity contribution in [2.75, 3.05) is 7.05 Å². The molecule has 2 nitrogen and oxygen atoms in total. The van der Waals surface area contributed by atoms with Gasteiger partial charge in [0.1, 0.15) is 5.75 Å². The molecule has 1 N–H and O–H groups in total. The predicted molar refractivity (Wildman–Crippen MR) is 69.4 cm³/mol. The van der Waals surface area contributed by atoms with Crippen LogP contribution in [0.15, 0.2) is 18.2 Å². The second kappa shape index (κ2) is 4.69. The molecule has 1 atom stereocenters. The van der Waals surface area contributed by atoms with Crippen molar-refractivity contribution in [1.82, 2.24) is 5.32 Å². The molecule has 0 aliphatic heterocycles. The van der Waals surface area contributed by atoms with Crippen molar-refractivity contribution in [3.63, 3.8) is 0 Å². The van der Waals surface area contributed by atoms with Gasteiger partial charge in [0.05, 0.1) is 6.10 Å². The fraction of sp³-hybridized carbons (Fsp3) is 0.600. The third-order valence-corrected chi connectivity index (χ3v) is 4.13. The summed E-state index contributed by atoms with van der Waals surface area (Å²) in [5, 5.41) is 3.40. The first-order valence-electron chi connectivity index (χ1n) is 6.83. The van der Waals surface area contributed by atoms with Gasteiger partial charge in [0.2, 0.25) is 0 Å². The average Bonchev–Trinajstić information content (AvgIpc) is 2.32. The van der Waals surface area contributed by atoms with Gasteiger partial charge in [-0.1, -0.05) is 6.07 Å². The number of aryl methyl sites for hydroxylation is 1. The zero-order valence-electron chi connectivity index (χ0n) is 10.5. The molecule has 3 rings (SSSR count). The molecule has 17 heavy (non-hydrogen) atoms. The van der Waals surface area contributed by atoms with Crippen LogP contribution in [0.4, 0.5) is 0 Å². The number of rotatable bonds is 3. The molecule has 0 radical (unpaired) electrons. The van der Waals surface area contributed by atoms with E-state index in [-0.39, 0.29) is 0 Å². The van der Waals surface area contributed by atoms with Gasteiger partial charge in [0.15, 0.2) is 0 Å². The van der Waals surface area contributed by atoms with Crippen LogP contribution in [0.3, 0.4) is 0 Å². The molecule has 1 aromatic rings. The lowest BCUT2D eigenvalue weighted by atomic mass is 9.87. The van der Waals surface area contributed by atoms with Gasteiger partial charge in [-0.05, 0) is 68.8 Å². The van der Waals surface area contributed by atoms with Crippen LogP contribution in [-0.4, -0.2) is 13.2 Å². The van der Waals surface area contributed by atoms with Gasteiger partial charge in [0, 0.05) is 6.04 Å². The second-order valence-corrected chi connectivity index (χ2v) is 5.26. The number of benzene rings is 1. The van der Waals surface area contributed by atoms with Crippen molar-refractivity contribution in [3.8, 4) is 5.75 Å². The van der Waals surface area contributed by atoms with E-state index in [4.69, 9.17) is 4.74 Å². The van der Waals surface area contributed by atoms with E-state index in [1.807, 2.05) is 0 Å². The first kappa shape index (κ1) is 11.1. The summed E-state index contributed by atoms with van der Waals surface area (Å²) in [4.78, 5) is 0. The van der Waals surface area contributed by atoms with E-state index in [0.29, 0.717) is 12.1 Å². The van der Waals surface area contributed by atoms with Gasteiger partial charge in [0.25, 0.3) is 0 Å². The lowest BCUT2D eigenvalue weighted by Gasteiger charge is -2.29. The molecular weight excluding hydrogens is 210 g/mol. The summed E-state index contributed by atoms with van der Waals surface area (Å²) in [6, 6.07) is 7.20. The van der Waals surface area contributed by atoms with E-state index in [2.05, 4.69) is 30.6 Å². The fourth-order valence-electron chi connectivity index (χ4n) is 2.84. The van der Waals surface area contributed by atoms with E-state index < -0.39 is 0 Å². The number of hydrogen-bond donors (Lipinski definition) is 1. The highest BCUT2D eigenvalue weighted by Gasteiger charge is 2.22. The fourth-order valence-corrected chi connectivity index (χ4v) is 2.84. The SMILES string of the molecule is CNC1CCCc2cc(OC3CCC3)ccc21. The Bertz CT molecular complexity index is 398. The lowest BCUT2D eigenvalue weighted by molar-refractivity contribution is 0.120. The minimum atomic E-state index is 0.483. The quantitative estimate of drug-likeness (QED) is 0.862. The Balaban J connectivity index is 1.79. The Hall–Kier alpha value is -1.02. The van der Waals surface area contributed by atoms with Gasteiger partial charge < -0.3 is 10.1 Å². The van der Waals surface area contributed by atoms with Crippen LogP contribution < -0.4 is 10.1 Å². The molecule has 1 fully saturated rings. The van der Waals surface area contributed by atoms with E-state index in [0.717, 1.165) is 5.75 Å². The molecule has 0 heterocycles. The van der Waals surface area contributed by atoms with Crippen molar-refractivity contribution in [2.24, 2.45) is 0 Å². The van der Waals surface area contributed by atoms with Crippen LogP contribution in [0, 0.1) is 0 Å². The summed E-state index contributed by atoms with van der Waals surface area (Å²) >= 11 is 0. The average molecular weight is 231 g/mol. The summed E-state index contributed by atoms with van der Waals surface area (Å²) in [5.74, 6) is 1.07. The largest absolute Gasteiger partial charge is 0.490 e. The summed E-state index contributed by atoms with van der Waals surface area (Å²) < 4.78 is 5.96. The van der Waals surface area contributed by atoms with Crippen LogP contribution in [0.2, 0.25) is 0 Å². The van der Waals surface area contributed by atoms with Crippen molar-refractivity contribution in [1.29, 1.82) is 0 Å². The molecule has 1 unspecified atom stereocenters. The molecule has 1 aromatic carbocycles. The summed E-state index contributed by atoms with van der Waals surface area (Å²) in [6.07, 6.45) is 8.02. The first-order chi connectivity index (χ1) is 8.36. The highest BCUT2D eigenvalue weighted by atomic mass is 16.5. The highest BCUT2D eigenvalue weighted by molar-refractivity contribution is 5.39. The molecule has 2 heteroatoms. The van der Waals surface area contributed by atoms with E-state index in [9.17, 15) is 0 Å². The lowest BCUT2D eigenvalue weighted by Crippen LogP contribution is -2.25. The van der Waals surface area contributed by atoms with Gasteiger partial charge in [-0.25, -0.2) is 0 Å². The predicted octanol–water partition coefficient (Wildman–Crippen LogP) is 3.21. The van der Waals surface area contributed by atoms with Gasteiger partial charge >= 0.3 is 0 Å². The molecule has 0 aromatic heterocycles. The zero-order valence-corrected chi connectivity index (χ0v) is 10.5. The molecule has 1 saturated carbocycles. The van der Waals surface area contributed by atoms with Crippen LogP contribution in [0.25, 0.3) is 0 Å². The number of hydrogen-bond acceptors (Lipinski definition) is 2. The normalized spacial score (nSPS) is 23.9. The maximum absolute atomic E-state index is 5.96. The Morgan fingerprint density at radius 2 is 2.06 bits per heavy atom. The maximum atomic E-state index is 5.96. The standard InChI is InChI=1S/C15H21NO/c1-16-15-7-2-4-11-10-13(8-9-14(11)15)17-12-5-3-6-12/h8-10,12,15-16H,2-7H2,1H3. The maximum Gasteiger partial charge on any atom is 0.120 e. The van der Waals surface area contributed by atoms with Crippen LogP contribution in [-0.2, 0) is 6.42 Å². The number of nitrogens with one attached hydrogen (secondary N) is 1. The van der Waals surface area contributed by atoms with Crippen molar-refractivity contribution in [3.05, 3.63) is 29.3 Å². The molecule has 2 aliphatic rings. The van der Waals surface area contributed by atoms with E-state index in [1.54, 1.807) is 0 Å². The molecule has 0 spiro atoms. The van der Waals surface area contributed by atoms with E-state index in [1.165, 1.54) is 49.7 Å². The van der Waals surface area contributed by atoms with Crippen molar-refractivity contribution in [2.45, 2.75) is 50.7 Å². The summed E-state index contributed by atoms with van der Waals surface area (Å²) in [7, 11) is 2.05. The summed E-state index contributed by atoms with van der Waals surface area (Å²) in [6.45, 7) is 0. The van der Waals surface area contributed by atoms with Crippen LogP contribution in [0.1, 0.15) is 49.3 Å². The molecular formula is C15H21NO. The van der Waals surface area contributed by atoms with Gasteiger partial charge in [-0.15, -0.1) is 0 Å². The molecule has 2 aliphatic carbocycles.